The van der Waals surface area contributed by atoms with Gasteiger partial charge in [0.05, 0.1) is 18.0 Å². The Balaban J connectivity index is 1.80. The maximum Gasteiger partial charge on any atom is 0.315 e. The molecule has 10 nitrogen and oxygen atoms in total. The molecule has 1 fully saturated rings. The Morgan fingerprint density at radius 1 is 0.925 bits per heavy atom. The molecule has 0 saturated heterocycles. The van der Waals surface area contributed by atoms with E-state index in [1.807, 2.05) is 72.7 Å². The quantitative estimate of drug-likeness (QED) is 0.282. The van der Waals surface area contributed by atoms with Gasteiger partial charge in [0, 0.05) is 11.6 Å². The van der Waals surface area contributed by atoms with Gasteiger partial charge in [0.1, 0.15) is 6.04 Å². The van der Waals surface area contributed by atoms with Crippen molar-refractivity contribution >= 4 is 29.5 Å². The number of amides is 5. The summed E-state index contributed by atoms with van der Waals surface area (Å²) >= 11 is 0. The van der Waals surface area contributed by atoms with Gasteiger partial charge in [-0.2, -0.15) is 0 Å². The summed E-state index contributed by atoms with van der Waals surface area (Å²) in [6.45, 7) is 13.0. The molecule has 3 rings (SSSR count). The fourth-order valence-electron chi connectivity index (χ4n) is 4.92. The smallest absolute Gasteiger partial charge is 0.315 e. The summed E-state index contributed by atoms with van der Waals surface area (Å²) in [5, 5.41) is 14.2. The van der Waals surface area contributed by atoms with E-state index in [0.717, 1.165) is 24.0 Å². The van der Waals surface area contributed by atoms with E-state index in [4.69, 9.17) is 0 Å². The number of rotatable bonds is 10. The molecule has 4 atom stereocenters. The SMILES string of the molecule is CCC[C@H](NC(=O)[C@@H]1Cc2ccccc2[C@@H]1NC(=O)[C@@H](NC(=O)NC(C)(C)C)C(C)(C)C)C(=O)C(=O)NC1CC1. The van der Waals surface area contributed by atoms with Crippen LogP contribution in [0.4, 0.5) is 4.79 Å². The Kier molecular flexibility index (Phi) is 9.64. The topological polar surface area (TPSA) is 146 Å². The van der Waals surface area contributed by atoms with E-state index in [1.54, 1.807) is 0 Å². The highest BCUT2D eigenvalue weighted by Gasteiger charge is 2.42. The predicted molar refractivity (Wildman–Crippen MR) is 152 cm³/mol. The molecule has 5 N–H and O–H groups in total. The van der Waals surface area contributed by atoms with Crippen molar-refractivity contribution in [3.63, 3.8) is 0 Å². The number of ketones is 1. The summed E-state index contributed by atoms with van der Waals surface area (Å²) in [6.07, 6.45) is 3.01. The van der Waals surface area contributed by atoms with Gasteiger partial charge in [-0.05, 0) is 63.0 Å². The van der Waals surface area contributed by atoms with Crippen LogP contribution in [0.25, 0.3) is 0 Å². The van der Waals surface area contributed by atoms with Crippen LogP contribution in [0.1, 0.15) is 91.3 Å². The minimum absolute atomic E-state index is 0.0354. The van der Waals surface area contributed by atoms with Gasteiger partial charge in [0.2, 0.25) is 17.6 Å². The minimum atomic E-state index is -0.943. The molecule has 0 aliphatic heterocycles. The van der Waals surface area contributed by atoms with E-state index in [1.165, 1.54) is 0 Å². The molecule has 1 saturated carbocycles. The van der Waals surface area contributed by atoms with Crippen molar-refractivity contribution in [2.75, 3.05) is 0 Å². The fraction of sp³-hybridized carbons (Fsp3) is 0.633. The average Bonchev–Trinajstić information content (AvgIpc) is 3.58. The standard InChI is InChI=1S/C30H45N5O5/c1-8-11-21(23(36)26(38)31-18-14-15-18)32-25(37)20-16-17-12-9-10-13-19(17)22(20)33-27(39)24(29(2,3)4)34-28(40)35-30(5,6)7/h9-10,12-13,18,20-22,24H,8,11,14-16H2,1-7H3,(H,31,38)(H,32,37)(H,33,39)(H2,34,35,40)/t20-,21+,22+,24-/m1/s1. The zero-order valence-electron chi connectivity index (χ0n) is 24.8. The minimum Gasteiger partial charge on any atom is -0.347 e. The first kappa shape index (κ1) is 31.1. The van der Waals surface area contributed by atoms with E-state index in [0.29, 0.717) is 19.3 Å². The monoisotopic (exact) mass is 555 g/mol. The maximum absolute atomic E-state index is 13.7. The number of Topliss-reactive ketones (excluding diaryl/α,β-unsaturated/α-hetero) is 1. The van der Waals surface area contributed by atoms with Gasteiger partial charge in [-0.1, -0.05) is 58.4 Å². The molecule has 0 radical (unpaired) electrons. The molecule has 0 heterocycles. The molecule has 0 spiro atoms. The summed E-state index contributed by atoms with van der Waals surface area (Å²) in [5.74, 6) is -2.84. The first-order valence-electron chi connectivity index (χ1n) is 14.2. The number of carbonyl (C=O) groups excluding carboxylic acids is 5. The summed E-state index contributed by atoms with van der Waals surface area (Å²) in [4.78, 5) is 65.3. The third-order valence-corrected chi connectivity index (χ3v) is 7.11. The van der Waals surface area contributed by atoms with E-state index in [2.05, 4.69) is 26.6 Å². The van der Waals surface area contributed by atoms with Gasteiger partial charge < -0.3 is 26.6 Å². The van der Waals surface area contributed by atoms with Crippen LogP contribution in [-0.2, 0) is 25.6 Å². The van der Waals surface area contributed by atoms with Gasteiger partial charge in [0.25, 0.3) is 5.91 Å². The molecule has 5 amide bonds. The van der Waals surface area contributed by atoms with Crippen LogP contribution < -0.4 is 26.6 Å². The van der Waals surface area contributed by atoms with Gasteiger partial charge in [-0.25, -0.2) is 4.79 Å². The van der Waals surface area contributed by atoms with Crippen molar-refractivity contribution in [3.8, 4) is 0 Å². The number of carbonyl (C=O) groups is 5. The Labute approximate surface area is 237 Å². The van der Waals surface area contributed by atoms with Crippen molar-refractivity contribution in [1.29, 1.82) is 0 Å². The van der Waals surface area contributed by atoms with Crippen LogP contribution in [0.3, 0.4) is 0 Å². The second-order valence-corrected chi connectivity index (χ2v) is 13.1. The lowest BCUT2D eigenvalue weighted by Crippen LogP contribution is -2.59. The van der Waals surface area contributed by atoms with Gasteiger partial charge in [0.15, 0.2) is 0 Å². The van der Waals surface area contributed by atoms with Crippen LogP contribution in [0.2, 0.25) is 0 Å². The Bertz CT molecular complexity index is 1130. The third kappa shape index (κ3) is 8.29. The first-order chi connectivity index (χ1) is 18.6. The molecular weight excluding hydrogens is 510 g/mol. The average molecular weight is 556 g/mol. The third-order valence-electron chi connectivity index (χ3n) is 7.11. The zero-order valence-corrected chi connectivity index (χ0v) is 24.8. The number of hydrogen-bond donors (Lipinski definition) is 5. The van der Waals surface area contributed by atoms with Crippen LogP contribution in [0.15, 0.2) is 24.3 Å². The molecule has 0 unspecified atom stereocenters. The number of nitrogens with one attached hydrogen (secondary N) is 5. The van der Waals surface area contributed by atoms with Crippen LogP contribution in [0, 0.1) is 11.3 Å². The van der Waals surface area contributed by atoms with Crippen LogP contribution >= 0.6 is 0 Å². The summed E-state index contributed by atoms with van der Waals surface area (Å²) in [6, 6.07) is 4.59. The molecular formula is C30H45N5O5. The van der Waals surface area contributed by atoms with E-state index in [-0.39, 0.29) is 6.04 Å². The zero-order chi connectivity index (χ0) is 29.8. The van der Waals surface area contributed by atoms with Crippen molar-refractivity contribution in [2.24, 2.45) is 11.3 Å². The second kappa shape index (κ2) is 12.4. The largest absolute Gasteiger partial charge is 0.347 e. The number of hydrogen-bond acceptors (Lipinski definition) is 5. The van der Waals surface area contributed by atoms with Gasteiger partial charge in [-0.15, -0.1) is 0 Å². The Hall–Kier alpha value is -3.43. The fourth-order valence-corrected chi connectivity index (χ4v) is 4.92. The molecule has 220 valence electrons. The lowest BCUT2D eigenvalue weighted by Gasteiger charge is -2.33. The Morgan fingerprint density at radius 3 is 2.15 bits per heavy atom. The molecule has 0 aromatic heterocycles. The van der Waals surface area contributed by atoms with E-state index < -0.39 is 64.5 Å². The lowest BCUT2D eigenvalue weighted by atomic mass is 9.85. The molecule has 1 aromatic rings. The van der Waals surface area contributed by atoms with Crippen LogP contribution in [-0.4, -0.2) is 53.2 Å². The van der Waals surface area contributed by atoms with E-state index >= 15 is 0 Å². The normalized spacial score (nSPS) is 20.0. The van der Waals surface area contributed by atoms with E-state index in [9.17, 15) is 24.0 Å². The van der Waals surface area contributed by atoms with Crippen LogP contribution in [0.5, 0.6) is 0 Å². The maximum atomic E-state index is 13.7. The number of benzene rings is 1. The predicted octanol–water partition coefficient (Wildman–Crippen LogP) is 2.66. The summed E-state index contributed by atoms with van der Waals surface area (Å²) in [5.41, 5.74) is 0.623. The molecule has 10 heteroatoms. The van der Waals surface area contributed by atoms with Crippen molar-refractivity contribution in [3.05, 3.63) is 35.4 Å². The number of urea groups is 1. The lowest BCUT2D eigenvalue weighted by molar-refractivity contribution is -0.140. The van der Waals surface area contributed by atoms with Crippen molar-refractivity contribution in [2.45, 2.75) is 110 Å². The van der Waals surface area contributed by atoms with Gasteiger partial charge >= 0.3 is 6.03 Å². The first-order valence-corrected chi connectivity index (χ1v) is 14.2. The second-order valence-electron chi connectivity index (χ2n) is 13.1. The highest BCUT2D eigenvalue weighted by atomic mass is 16.2. The molecule has 2 aliphatic rings. The summed E-state index contributed by atoms with van der Waals surface area (Å²) < 4.78 is 0. The van der Waals surface area contributed by atoms with Crippen molar-refractivity contribution < 1.29 is 24.0 Å². The number of fused-ring (bicyclic) bond motifs is 1. The molecule has 1 aromatic carbocycles. The Morgan fingerprint density at radius 2 is 1.57 bits per heavy atom. The summed E-state index contributed by atoms with van der Waals surface area (Å²) in [7, 11) is 0. The highest BCUT2D eigenvalue weighted by molar-refractivity contribution is 6.38. The highest BCUT2D eigenvalue weighted by Crippen LogP contribution is 2.37. The molecule has 0 bridgehead atoms. The van der Waals surface area contributed by atoms with Gasteiger partial charge in [-0.3, -0.25) is 19.2 Å². The molecule has 40 heavy (non-hydrogen) atoms. The molecule has 2 aliphatic carbocycles. The van der Waals surface area contributed by atoms with Crippen molar-refractivity contribution in [1.82, 2.24) is 26.6 Å².